The maximum Gasteiger partial charge on any atom is 0.136 e. The smallest absolute Gasteiger partial charge is 0.136 e. The van der Waals surface area contributed by atoms with Crippen LogP contribution >= 0.6 is 0 Å². The van der Waals surface area contributed by atoms with Gasteiger partial charge in [-0.1, -0.05) is 17.7 Å². The first-order valence-electron chi connectivity index (χ1n) is 5.81. The standard InChI is InChI=1S/C13H17NO2/c1-9-2-3-12-10(6-9)11(14)7-13(16-12)4-5-15-8-13/h2-3,6,11H,4-5,7-8,14H2,1H3/t11-,13?/m0/s1. The lowest BCUT2D eigenvalue weighted by molar-refractivity contribution is 0.0235. The van der Waals surface area contributed by atoms with Gasteiger partial charge in [0.15, 0.2) is 0 Å². The van der Waals surface area contributed by atoms with Gasteiger partial charge in [-0.2, -0.15) is 0 Å². The molecule has 2 heterocycles. The number of fused-ring (bicyclic) bond motifs is 1. The van der Waals surface area contributed by atoms with Crippen molar-refractivity contribution in [1.82, 2.24) is 0 Å². The van der Waals surface area contributed by atoms with Crippen molar-refractivity contribution < 1.29 is 9.47 Å². The van der Waals surface area contributed by atoms with Crippen LogP contribution in [0.15, 0.2) is 18.2 Å². The second-order valence-electron chi connectivity index (χ2n) is 4.94. The molecular formula is C13H17NO2. The molecule has 0 aliphatic carbocycles. The van der Waals surface area contributed by atoms with Gasteiger partial charge < -0.3 is 15.2 Å². The van der Waals surface area contributed by atoms with Gasteiger partial charge in [0.25, 0.3) is 0 Å². The lowest BCUT2D eigenvalue weighted by atomic mass is 9.86. The van der Waals surface area contributed by atoms with E-state index in [1.807, 2.05) is 6.07 Å². The molecule has 1 unspecified atom stereocenters. The molecule has 2 atom stereocenters. The molecule has 0 saturated carbocycles. The summed E-state index contributed by atoms with van der Waals surface area (Å²) in [6, 6.07) is 6.30. The Kier molecular flexibility index (Phi) is 2.19. The van der Waals surface area contributed by atoms with E-state index >= 15 is 0 Å². The van der Waals surface area contributed by atoms with Crippen LogP contribution in [0.3, 0.4) is 0 Å². The lowest BCUT2D eigenvalue weighted by Crippen LogP contribution is -2.43. The molecule has 1 aromatic rings. The third kappa shape index (κ3) is 1.51. The summed E-state index contributed by atoms with van der Waals surface area (Å²) in [6.45, 7) is 3.54. The molecule has 3 rings (SSSR count). The Labute approximate surface area is 95.5 Å². The van der Waals surface area contributed by atoms with E-state index in [1.54, 1.807) is 0 Å². The first-order chi connectivity index (χ1) is 7.69. The number of aryl methyl sites for hydroxylation is 1. The SMILES string of the molecule is Cc1ccc2c(c1)[C@@H](N)CC1(CCOC1)O2. The molecule has 0 bridgehead atoms. The minimum atomic E-state index is -0.165. The zero-order valence-corrected chi connectivity index (χ0v) is 9.53. The van der Waals surface area contributed by atoms with E-state index in [0.29, 0.717) is 6.61 Å². The summed E-state index contributed by atoms with van der Waals surface area (Å²) in [6.07, 6.45) is 1.82. The average molecular weight is 219 g/mol. The second kappa shape index (κ2) is 3.47. The van der Waals surface area contributed by atoms with Crippen LogP contribution in [-0.4, -0.2) is 18.8 Å². The number of hydrogen-bond donors (Lipinski definition) is 1. The van der Waals surface area contributed by atoms with Crippen LogP contribution in [0.4, 0.5) is 0 Å². The van der Waals surface area contributed by atoms with E-state index in [4.69, 9.17) is 15.2 Å². The molecule has 1 saturated heterocycles. The van der Waals surface area contributed by atoms with Gasteiger partial charge in [0, 0.05) is 24.4 Å². The molecular weight excluding hydrogens is 202 g/mol. The van der Waals surface area contributed by atoms with Gasteiger partial charge in [0.1, 0.15) is 11.4 Å². The van der Waals surface area contributed by atoms with E-state index < -0.39 is 0 Å². The summed E-state index contributed by atoms with van der Waals surface area (Å²) in [7, 11) is 0. The first-order valence-corrected chi connectivity index (χ1v) is 5.81. The fourth-order valence-electron chi connectivity index (χ4n) is 2.67. The van der Waals surface area contributed by atoms with Gasteiger partial charge in [-0.05, 0) is 13.0 Å². The molecule has 86 valence electrons. The van der Waals surface area contributed by atoms with Crippen molar-refractivity contribution in [2.75, 3.05) is 13.2 Å². The largest absolute Gasteiger partial charge is 0.484 e. The Hall–Kier alpha value is -1.06. The number of hydrogen-bond acceptors (Lipinski definition) is 3. The molecule has 3 heteroatoms. The third-order valence-corrected chi connectivity index (χ3v) is 3.55. The van der Waals surface area contributed by atoms with Crippen molar-refractivity contribution in [3.05, 3.63) is 29.3 Å². The van der Waals surface area contributed by atoms with E-state index in [2.05, 4.69) is 19.1 Å². The Balaban J connectivity index is 1.99. The van der Waals surface area contributed by atoms with Crippen molar-refractivity contribution in [1.29, 1.82) is 0 Å². The van der Waals surface area contributed by atoms with E-state index in [1.165, 1.54) is 5.56 Å². The summed E-state index contributed by atoms with van der Waals surface area (Å²) < 4.78 is 11.5. The van der Waals surface area contributed by atoms with Gasteiger partial charge >= 0.3 is 0 Å². The quantitative estimate of drug-likeness (QED) is 0.725. The van der Waals surface area contributed by atoms with Crippen molar-refractivity contribution >= 4 is 0 Å². The predicted molar refractivity (Wildman–Crippen MR) is 61.5 cm³/mol. The molecule has 0 radical (unpaired) electrons. The Morgan fingerprint density at radius 2 is 2.31 bits per heavy atom. The van der Waals surface area contributed by atoms with Gasteiger partial charge in [-0.3, -0.25) is 0 Å². The minimum absolute atomic E-state index is 0.0744. The van der Waals surface area contributed by atoms with Crippen LogP contribution < -0.4 is 10.5 Å². The molecule has 3 nitrogen and oxygen atoms in total. The Morgan fingerprint density at radius 3 is 3.06 bits per heavy atom. The highest BCUT2D eigenvalue weighted by Crippen LogP contribution is 2.42. The third-order valence-electron chi connectivity index (χ3n) is 3.55. The van der Waals surface area contributed by atoms with Crippen LogP contribution in [0.1, 0.15) is 30.0 Å². The molecule has 2 aliphatic heterocycles. The number of ether oxygens (including phenoxy) is 2. The maximum absolute atomic E-state index is 6.23. The van der Waals surface area contributed by atoms with Gasteiger partial charge in [-0.25, -0.2) is 0 Å². The highest BCUT2D eigenvalue weighted by molar-refractivity contribution is 5.41. The summed E-state index contributed by atoms with van der Waals surface area (Å²) in [5.74, 6) is 0.940. The van der Waals surface area contributed by atoms with Crippen molar-refractivity contribution in [3.63, 3.8) is 0 Å². The van der Waals surface area contributed by atoms with Crippen LogP contribution in [0.25, 0.3) is 0 Å². The zero-order chi connectivity index (χ0) is 11.2. The molecule has 1 spiro atoms. The van der Waals surface area contributed by atoms with Crippen molar-refractivity contribution in [3.8, 4) is 5.75 Å². The molecule has 2 N–H and O–H groups in total. The number of nitrogens with two attached hydrogens (primary N) is 1. The van der Waals surface area contributed by atoms with Gasteiger partial charge in [0.2, 0.25) is 0 Å². The summed E-state index contributed by atoms with van der Waals surface area (Å²) in [4.78, 5) is 0. The van der Waals surface area contributed by atoms with Gasteiger partial charge in [0.05, 0.1) is 13.2 Å². The van der Waals surface area contributed by atoms with E-state index in [0.717, 1.165) is 30.8 Å². The van der Waals surface area contributed by atoms with Crippen molar-refractivity contribution in [2.45, 2.75) is 31.4 Å². The lowest BCUT2D eigenvalue weighted by Gasteiger charge is -2.37. The molecule has 1 aromatic carbocycles. The fraction of sp³-hybridized carbons (Fsp3) is 0.538. The maximum atomic E-state index is 6.23. The van der Waals surface area contributed by atoms with E-state index in [-0.39, 0.29) is 11.6 Å². The van der Waals surface area contributed by atoms with E-state index in [9.17, 15) is 0 Å². The summed E-state index contributed by atoms with van der Waals surface area (Å²) in [5, 5.41) is 0. The average Bonchev–Trinajstić information content (AvgIpc) is 2.68. The first kappa shape index (κ1) is 10.1. The molecule has 1 fully saturated rings. The van der Waals surface area contributed by atoms with Crippen LogP contribution in [0, 0.1) is 6.92 Å². The zero-order valence-electron chi connectivity index (χ0n) is 9.53. The van der Waals surface area contributed by atoms with Crippen LogP contribution in [0.5, 0.6) is 5.75 Å². The molecule has 0 aromatic heterocycles. The fourth-order valence-corrected chi connectivity index (χ4v) is 2.67. The second-order valence-corrected chi connectivity index (χ2v) is 4.94. The monoisotopic (exact) mass is 219 g/mol. The van der Waals surface area contributed by atoms with Crippen LogP contribution in [-0.2, 0) is 4.74 Å². The Morgan fingerprint density at radius 1 is 1.44 bits per heavy atom. The number of benzene rings is 1. The van der Waals surface area contributed by atoms with Crippen LogP contribution in [0.2, 0.25) is 0 Å². The highest BCUT2D eigenvalue weighted by Gasteiger charge is 2.42. The highest BCUT2D eigenvalue weighted by atomic mass is 16.6. The van der Waals surface area contributed by atoms with Crippen molar-refractivity contribution in [2.24, 2.45) is 5.73 Å². The Bertz CT molecular complexity index is 410. The topological polar surface area (TPSA) is 44.5 Å². The predicted octanol–water partition coefficient (Wildman–Crippen LogP) is 1.94. The molecule has 0 amide bonds. The normalized spacial score (nSPS) is 32.5. The van der Waals surface area contributed by atoms with Gasteiger partial charge in [-0.15, -0.1) is 0 Å². The molecule has 16 heavy (non-hydrogen) atoms. The summed E-state index contributed by atoms with van der Waals surface area (Å²) >= 11 is 0. The minimum Gasteiger partial charge on any atom is -0.484 e. The number of rotatable bonds is 0. The molecule has 2 aliphatic rings. The summed E-state index contributed by atoms with van der Waals surface area (Å²) in [5.41, 5.74) is 8.44.